The van der Waals surface area contributed by atoms with Crippen molar-refractivity contribution in [1.29, 1.82) is 0 Å². The predicted molar refractivity (Wildman–Crippen MR) is 105 cm³/mol. The molecule has 142 valence electrons. The van der Waals surface area contributed by atoms with Crippen LogP contribution in [0.15, 0.2) is 53.1 Å². The van der Waals surface area contributed by atoms with Gasteiger partial charge in [-0.05, 0) is 31.2 Å². The number of furan rings is 1. The number of methoxy groups -OCH3 is 1. The van der Waals surface area contributed by atoms with E-state index in [1.54, 1.807) is 30.2 Å². The third-order valence-electron chi connectivity index (χ3n) is 4.62. The zero-order chi connectivity index (χ0) is 19.7. The molecule has 28 heavy (non-hydrogen) atoms. The lowest BCUT2D eigenvalue weighted by Crippen LogP contribution is -2.23. The molecule has 1 amide bonds. The van der Waals surface area contributed by atoms with E-state index in [-0.39, 0.29) is 5.91 Å². The van der Waals surface area contributed by atoms with Crippen LogP contribution in [-0.2, 0) is 13.6 Å². The molecule has 3 heterocycles. The van der Waals surface area contributed by atoms with E-state index in [4.69, 9.17) is 9.15 Å². The summed E-state index contributed by atoms with van der Waals surface area (Å²) in [6, 6.07) is 12.9. The molecule has 1 aromatic carbocycles. The molecule has 0 aliphatic carbocycles. The number of hydrogen-bond acceptors (Lipinski definition) is 5. The summed E-state index contributed by atoms with van der Waals surface area (Å²) in [6.45, 7) is 2.22. The first-order valence-electron chi connectivity index (χ1n) is 8.87. The SMILES string of the molecule is COc1ccccc1CNC(=O)c1cc(-c2ccco2)nc2c1c(C)nn2C. The molecule has 7 nitrogen and oxygen atoms in total. The molecular formula is C21H20N4O3. The van der Waals surface area contributed by atoms with Gasteiger partial charge >= 0.3 is 0 Å². The Labute approximate surface area is 161 Å². The summed E-state index contributed by atoms with van der Waals surface area (Å²) in [5, 5.41) is 8.13. The van der Waals surface area contributed by atoms with Crippen molar-refractivity contribution in [1.82, 2.24) is 20.1 Å². The van der Waals surface area contributed by atoms with Crippen LogP contribution in [0.3, 0.4) is 0 Å². The zero-order valence-electron chi connectivity index (χ0n) is 15.9. The fraction of sp³-hybridized carbons (Fsp3) is 0.190. The van der Waals surface area contributed by atoms with Crippen molar-refractivity contribution in [2.24, 2.45) is 7.05 Å². The largest absolute Gasteiger partial charge is 0.496 e. The van der Waals surface area contributed by atoms with Gasteiger partial charge in [0.2, 0.25) is 0 Å². The summed E-state index contributed by atoms with van der Waals surface area (Å²) in [4.78, 5) is 17.7. The van der Waals surface area contributed by atoms with Crippen LogP contribution in [0.4, 0.5) is 0 Å². The van der Waals surface area contributed by atoms with Crippen LogP contribution < -0.4 is 10.1 Å². The predicted octanol–water partition coefficient (Wildman–Crippen LogP) is 3.48. The van der Waals surface area contributed by atoms with Crippen LogP contribution in [0, 0.1) is 6.92 Å². The third kappa shape index (κ3) is 3.11. The number of para-hydroxylation sites is 1. The van der Waals surface area contributed by atoms with Gasteiger partial charge < -0.3 is 14.5 Å². The number of benzene rings is 1. The van der Waals surface area contributed by atoms with Crippen molar-refractivity contribution in [3.8, 4) is 17.2 Å². The van der Waals surface area contributed by atoms with E-state index < -0.39 is 0 Å². The molecule has 4 aromatic rings. The van der Waals surface area contributed by atoms with Gasteiger partial charge in [0.25, 0.3) is 5.91 Å². The summed E-state index contributed by atoms with van der Waals surface area (Å²) in [5.74, 6) is 1.12. The van der Waals surface area contributed by atoms with E-state index in [1.807, 2.05) is 44.3 Å². The molecule has 0 aliphatic rings. The van der Waals surface area contributed by atoms with Crippen molar-refractivity contribution >= 4 is 16.9 Å². The Hall–Kier alpha value is -3.61. The number of carbonyl (C=O) groups is 1. The highest BCUT2D eigenvalue weighted by Gasteiger charge is 2.20. The van der Waals surface area contributed by atoms with Gasteiger partial charge in [0, 0.05) is 19.2 Å². The van der Waals surface area contributed by atoms with Crippen molar-refractivity contribution in [2.75, 3.05) is 7.11 Å². The third-order valence-corrected chi connectivity index (χ3v) is 4.62. The maximum absolute atomic E-state index is 13.1. The van der Waals surface area contributed by atoms with Crippen molar-refractivity contribution in [2.45, 2.75) is 13.5 Å². The zero-order valence-corrected chi connectivity index (χ0v) is 15.9. The van der Waals surface area contributed by atoms with E-state index >= 15 is 0 Å². The van der Waals surface area contributed by atoms with E-state index in [2.05, 4.69) is 15.4 Å². The molecule has 7 heteroatoms. The maximum Gasteiger partial charge on any atom is 0.252 e. The number of nitrogens with zero attached hydrogens (tertiary/aromatic N) is 3. The molecule has 0 bridgehead atoms. The average molecular weight is 376 g/mol. The first-order chi connectivity index (χ1) is 13.6. The molecule has 0 saturated carbocycles. The summed E-state index contributed by atoms with van der Waals surface area (Å²) in [6.07, 6.45) is 1.58. The summed E-state index contributed by atoms with van der Waals surface area (Å²) in [5.41, 5.74) is 3.38. The molecule has 0 atom stereocenters. The molecule has 4 rings (SSSR count). The minimum absolute atomic E-state index is 0.206. The van der Waals surface area contributed by atoms with E-state index in [9.17, 15) is 4.79 Å². The topological polar surface area (TPSA) is 82.2 Å². The Bertz CT molecular complexity index is 1150. The molecule has 0 aliphatic heterocycles. The Kier molecular flexibility index (Phi) is 4.57. The summed E-state index contributed by atoms with van der Waals surface area (Å²) < 4.78 is 12.5. The molecule has 1 N–H and O–H groups in total. The van der Waals surface area contributed by atoms with Crippen molar-refractivity contribution < 1.29 is 13.9 Å². The van der Waals surface area contributed by atoms with Gasteiger partial charge in [-0.3, -0.25) is 9.48 Å². The fourth-order valence-corrected chi connectivity index (χ4v) is 3.29. The lowest BCUT2D eigenvalue weighted by molar-refractivity contribution is 0.0952. The first kappa shape index (κ1) is 17.8. The minimum Gasteiger partial charge on any atom is -0.496 e. The van der Waals surface area contributed by atoms with Crippen LogP contribution in [0.25, 0.3) is 22.5 Å². The number of hydrogen-bond donors (Lipinski definition) is 1. The lowest BCUT2D eigenvalue weighted by Gasteiger charge is -2.11. The molecule has 0 unspecified atom stereocenters. The second-order valence-electron chi connectivity index (χ2n) is 6.43. The number of amides is 1. The van der Waals surface area contributed by atoms with Crippen molar-refractivity contribution in [3.63, 3.8) is 0 Å². The molecule has 0 spiro atoms. The highest BCUT2D eigenvalue weighted by molar-refractivity contribution is 6.07. The Balaban J connectivity index is 1.73. The second-order valence-corrected chi connectivity index (χ2v) is 6.43. The van der Waals surface area contributed by atoms with Gasteiger partial charge in [-0.15, -0.1) is 0 Å². The lowest BCUT2D eigenvalue weighted by atomic mass is 10.1. The smallest absolute Gasteiger partial charge is 0.252 e. The number of rotatable bonds is 5. The fourth-order valence-electron chi connectivity index (χ4n) is 3.29. The standard InChI is InChI=1S/C21H20N4O3/c1-13-19-15(21(26)22-12-14-7-4-5-8-17(14)27-3)11-16(18-9-6-10-28-18)23-20(19)25(2)24-13/h4-11H,12H2,1-3H3,(H,22,26). The van der Waals surface area contributed by atoms with Gasteiger partial charge in [0.1, 0.15) is 11.4 Å². The number of nitrogens with one attached hydrogen (secondary N) is 1. The number of fused-ring (bicyclic) bond motifs is 1. The second kappa shape index (κ2) is 7.19. The van der Waals surface area contributed by atoms with Crippen LogP contribution in [0.1, 0.15) is 21.6 Å². The normalized spacial score (nSPS) is 11.0. The van der Waals surface area contributed by atoms with Crippen LogP contribution in [-0.4, -0.2) is 27.8 Å². The number of carbonyl (C=O) groups excluding carboxylic acids is 1. The van der Waals surface area contributed by atoms with Gasteiger partial charge in [0.05, 0.1) is 30.0 Å². The number of aryl methyl sites for hydroxylation is 2. The van der Waals surface area contributed by atoms with E-state index in [0.29, 0.717) is 29.2 Å². The average Bonchev–Trinajstić information content (AvgIpc) is 3.34. The molecular weight excluding hydrogens is 356 g/mol. The van der Waals surface area contributed by atoms with E-state index in [0.717, 1.165) is 22.4 Å². The summed E-state index contributed by atoms with van der Waals surface area (Å²) in [7, 11) is 3.42. The van der Waals surface area contributed by atoms with Crippen LogP contribution in [0.2, 0.25) is 0 Å². The van der Waals surface area contributed by atoms with Crippen molar-refractivity contribution in [3.05, 3.63) is 65.5 Å². The minimum atomic E-state index is -0.206. The first-order valence-corrected chi connectivity index (χ1v) is 8.87. The van der Waals surface area contributed by atoms with Gasteiger partial charge in [-0.2, -0.15) is 5.10 Å². The molecule has 0 fully saturated rings. The van der Waals surface area contributed by atoms with Gasteiger partial charge in [-0.1, -0.05) is 18.2 Å². The Morgan fingerprint density at radius 1 is 1.25 bits per heavy atom. The number of pyridine rings is 1. The molecule has 0 radical (unpaired) electrons. The number of aromatic nitrogens is 3. The maximum atomic E-state index is 13.1. The molecule has 3 aromatic heterocycles. The molecule has 0 saturated heterocycles. The quantitative estimate of drug-likeness (QED) is 0.577. The highest BCUT2D eigenvalue weighted by atomic mass is 16.5. The Morgan fingerprint density at radius 3 is 2.82 bits per heavy atom. The highest BCUT2D eigenvalue weighted by Crippen LogP contribution is 2.27. The monoisotopic (exact) mass is 376 g/mol. The number of ether oxygens (including phenoxy) is 1. The van der Waals surface area contributed by atoms with Gasteiger partial charge in [-0.25, -0.2) is 4.98 Å². The Morgan fingerprint density at radius 2 is 2.07 bits per heavy atom. The van der Waals surface area contributed by atoms with Gasteiger partial charge in [0.15, 0.2) is 11.4 Å². The summed E-state index contributed by atoms with van der Waals surface area (Å²) >= 11 is 0. The van der Waals surface area contributed by atoms with Crippen LogP contribution in [0.5, 0.6) is 5.75 Å². The van der Waals surface area contributed by atoms with E-state index in [1.165, 1.54) is 0 Å². The van der Waals surface area contributed by atoms with Crippen LogP contribution >= 0.6 is 0 Å².